The number of Topliss-reactive ketones (excluding diaryl/α,β-unsaturated/α-hetero) is 1. The van der Waals surface area contributed by atoms with E-state index in [1.165, 1.54) is 5.01 Å². The third-order valence-corrected chi connectivity index (χ3v) is 5.46. The molecule has 2 saturated heterocycles. The fourth-order valence-corrected chi connectivity index (χ4v) is 4.02. The van der Waals surface area contributed by atoms with Crippen molar-refractivity contribution in [3.8, 4) is 0 Å². The van der Waals surface area contributed by atoms with Crippen LogP contribution in [-0.2, 0) is 19.1 Å². The Labute approximate surface area is 150 Å². The molecule has 8 nitrogen and oxygen atoms in total. The highest BCUT2D eigenvalue weighted by atomic mass is 16.5. The Morgan fingerprint density at radius 1 is 1.23 bits per heavy atom. The summed E-state index contributed by atoms with van der Waals surface area (Å²) in [6.45, 7) is 0. The van der Waals surface area contributed by atoms with Crippen molar-refractivity contribution in [2.45, 2.75) is 31.2 Å². The molecule has 5 unspecified atom stereocenters. The van der Waals surface area contributed by atoms with E-state index in [1.807, 2.05) is 18.2 Å². The number of carbonyl (C=O) groups is 3. The smallest absolute Gasteiger partial charge is 0.374 e. The predicted molar refractivity (Wildman–Crippen MR) is 90.5 cm³/mol. The summed E-state index contributed by atoms with van der Waals surface area (Å²) in [5.74, 6) is -3.75. The number of piperidine rings is 1. The topological polar surface area (TPSA) is 108 Å². The van der Waals surface area contributed by atoms with Gasteiger partial charge in [0.05, 0.1) is 36.9 Å². The first kappa shape index (κ1) is 17.1. The first-order valence-electron chi connectivity index (χ1n) is 8.74. The molecule has 0 spiro atoms. The molecule has 1 saturated carbocycles. The number of fused-ring (bicyclic) bond motifs is 1. The predicted octanol–water partition coefficient (Wildman–Crippen LogP) is -0.419. The van der Waals surface area contributed by atoms with E-state index in [2.05, 4.69) is 15.5 Å². The molecule has 4 rings (SSSR count). The van der Waals surface area contributed by atoms with E-state index in [4.69, 9.17) is 0 Å². The highest BCUT2D eigenvalue weighted by Crippen LogP contribution is 2.42. The normalized spacial score (nSPS) is 33.7. The number of carbonyl (C=O) groups excluding carboxylic acids is 3. The number of para-hydroxylation sites is 1. The van der Waals surface area contributed by atoms with Crippen molar-refractivity contribution in [3.05, 3.63) is 30.3 Å². The Bertz CT molecular complexity index is 736. The highest BCUT2D eigenvalue weighted by molar-refractivity contribution is 6.34. The number of hydrogen-bond acceptors (Lipinski definition) is 7. The van der Waals surface area contributed by atoms with E-state index in [-0.39, 0.29) is 17.9 Å². The summed E-state index contributed by atoms with van der Waals surface area (Å²) in [7, 11) is 1.14. The zero-order chi connectivity index (χ0) is 18.4. The molecule has 0 aromatic heterocycles. The highest BCUT2D eigenvalue weighted by Gasteiger charge is 2.58. The number of esters is 1. The number of aliphatic hydroxyl groups excluding tert-OH is 1. The molecule has 1 aromatic rings. The summed E-state index contributed by atoms with van der Waals surface area (Å²) < 4.78 is 4.55. The van der Waals surface area contributed by atoms with Gasteiger partial charge in [0.2, 0.25) is 11.7 Å². The van der Waals surface area contributed by atoms with Gasteiger partial charge in [-0.15, -0.1) is 0 Å². The summed E-state index contributed by atoms with van der Waals surface area (Å²) in [5.41, 5.74) is 3.74. The van der Waals surface area contributed by atoms with Crippen LogP contribution >= 0.6 is 0 Å². The summed E-state index contributed by atoms with van der Waals surface area (Å²) in [6, 6.07) is 8.67. The molecule has 3 fully saturated rings. The molecule has 1 aromatic carbocycles. The fourth-order valence-electron chi connectivity index (χ4n) is 4.02. The Balaban J connectivity index is 1.64. The number of methoxy groups -OCH3 is 1. The van der Waals surface area contributed by atoms with Gasteiger partial charge in [-0.25, -0.2) is 15.2 Å². The van der Waals surface area contributed by atoms with Crippen molar-refractivity contribution in [2.75, 3.05) is 12.1 Å². The van der Waals surface area contributed by atoms with Crippen molar-refractivity contribution in [1.82, 2.24) is 10.7 Å². The second-order valence-electron chi connectivity index (χ2n) is 7.04. The zero-order valence-electron chi connectivity index (χ0n) is 14.3. The number of aliphatic hydroxyl groups is 1. The van der Waals surface area contributed by atoms with E-state index in [9.17, 15) is 19.5 Å². The maximum atomic E-state index is 12.9. The maximum absolute atomic E-state index is 12.9. The van der Waals surface area contributed by atoms with E-state index in [0.29, 0.717) is 5.69 Å². The standard InChI is InChI=1S/C18H21N3O5/c1-26-18(25)15(23)11-13(9-7-8-9)19-16-12(14(11)22)17(24)21(20-16)10-5-3-2-4-6-10/h2-6,9,11-14,16,19-20,22H,7-8H2,1H3. The molecule has 26 heavy (non-hydrogen) atoms. The molecule has 2 aliphatic heterocycles. The van der Waals surface area contributed by atoms with Crippen LogP contribution in [0.15, 0.2) is 30.3 Å². The molecule has 0 radical (unpaired) electrons. The second kappa shape index (κ2) is 6.46. The van der Waals surface area contributed by atoms with Crippen LogP contribution in [0.2, 0.25) is 0 Å². The molecule has 138 valence electrons. The van der Waals surface area contributed by atoms with E-state index in [0.717, 1.165) is 20.0 Å². The molecular formula is C18H21N3O5. The van der Waals surface area contributed by atoms with Gasteiger partial charge in [-0.1, -0.05) is 18.2 Å². The van der Waals surface area contributed by atoms with Gasteiger partial charge in [0.25, 0.3) is 0 Å². The van der Waals surface area contributed by atoms with Crippen LogP contribution in [0.1, 0.15) is 12.8 Å². The number of hydrazine groups is 1. The van der Waals surface area contributed by atoms with Crippen LogP contribution in [0.4, 0.5) is 5.69 Å². The number of benzene rings is 1. The molecule has 8 heteroatoms. The number of ketones is 1. The van der Waals surface area contributed by atoms with E-state index in [1.54, 1.807) is 12.1 Å². The van der Waals surface area contributed by atoms with Gasteiger partial charge in [0.1, 0.15) is 0 Å². The lowest BCUT2D eigenvalue weighted by atomic mass is 9.76. The Kier molecular flexibility index (Phi) is 4.26. The Morgan fingerprint density at radius 2 is 1.92 bits per heavy atom. The first-order valence-corrected chi connectivity index (χ1v) is 8.74. The quantitative estimate of drug-likeness (QED) is 0.495. The molecule has 1 amide bonds. The first-order chi connectivity index (χ1) is 12.5. The van der Waals surface area contributed by atoms with Crippen LogP contribution < -0.4 is 15.8 Å². The number of anilines is 1. The second-order valence-corrected chi connectivity index (χ2v) is 7.04. The monoisotopic (exact) mass is 359 g/mol. The van der Waals surface area contributed by atoms with Crippen LogP contribution in [0.25, 0.3) is 0 Å². The van der Waals surface area contributed by atoms with Crippen LogP contribution in [0.5, 0.6) is 0 Å². The molecule has 2 heterocycles. The van der Waals surface area contributed by atoms with Crippen LogP contribution in [0, 0.1) is 17.8 Å². The van der Waals surface area contributed by atoms with Gasteiger partial charge >= 0.3 is 5.97 Å². The molecule has 5 atom stereocenters. The number of amides is 1. The van der Waals surface area contributed by atoms with Crippen molar-refractivity contribution in [1.29, 1.82) is 0 Å². The van der Waals surface area contributed by atoms with E-state index >= 15 is 0 Å². The third-order valence-electron chi connectivity index (χ3n) is 5.46. The van der Waals surface area contributed by atoms with Gasteiger partial charge in [-0.2, -0.15) is 0 Å². The van der Waals surface area contributed by atoms with Crippen molar-refractivity contribution in [3.63, 3.8) is 0 Å². The largest absolute Gasteiger partial charge is 0.463 e. The average Bonchev–Trinajstić information content (AvgIpc) is 3.45. The minimum Gasteiger partial charge on any atom is -0.463 e. The lowest BCUT2D eigenvalue weighted by Gasteiger charge is -2.40. The summed E-state index contributed by atoms with van der Waals surface area (Å²) >= 11 is 0. The van der Waals surface area contributed by atoms with Crippen molar-refractivity contribution in [2.24, 2.45) is 17.8 Å². The number of nitrogens with one attached hydrogen (secondary N) is 2. The molecule has 3 N–H and O–H groups in total. The van der Waals surface area contributed by atoms with Crippen molar-refractivity contribution < 1.29 is 24.2 Å². The van der Waals surface area contributed by atoms with Crippen LogP contribution in [-0.4, -0.2) is 48.2 Å². The fraction of sp³-hybridized carbons (Fsp3) is 0.500. The van der Waals surface area contributed by atoms with E-state index < -0.39 is 35.9 Å². The minimum absolute atomic E-state index is 0.201. The summed E-state index contributed by atoms with van der Waals surface area (Å²) in [4.78, 5) is 37.2. The lowest BCUT2D eigenvalue weighted by molar-refractivity contribution is -0.159. The third kappa shape index (κ3) is 2.70. The average molecular weight is 359 g/mol. The minimum atomic E-state index is -1.26. The van der Waals surface area contributed by atoms with Gasteiger partial charge < -0.3 is 9.84 Å². The zero-order valence-corrected chi connectivity index (χ0v) is 14.3. The molecule has 0 bridgehead atoms. The number of rotatable bonds is 4. The van der Waals surface area contributed by atoms with Crippen molar-refractivity contribution >= 4 is 23.3 Å². The Morgan fingerprint density at radius 3 is 2.54 bits per heavy atom. The van der Waals surface area contributed by atoms with Crippen LogP contribution in [0.3, 0.4) is 0 Å². The summed E-state index contributed by atoms with van der Waals surface area (Å²) in [6.07, 6.45) is 0.0868. The molecule has 3 aliphatic rings. The van der Waals surface area contributed by atoms with Gasteiger partial charge in [-0.05, 0) is 30.9 Å². The molecule has 1 aliphatic carbocycles. The number of nitrogens with zero attached hydrogens (tertiary/aromatic N) is 1. The number of hydrogen-bond donors (Lipinski definition) is 3. The SMILES string of the molecule is COC(=O)C(=O)C1C(O)C2C(=O)N(c3ccccc3)NC2NC1C1CC1. The summed E-state index contributed by atoms with van der Waals surface area (Å²) in [5, 5.41) is 15.6. The van der Waals surface area contributed by atoms with Gasteiger partial charge in [0, 0.05) is 6.04 Å². The molecular weight excluding hydrogens is 338 g/mol. The lowest BCUT2D eigenvalue weighted by Crippen LogP contribution is -2.65. The number of ether oxygens (including phenoxy) is 1. The maximum Gasteiger partial charge on any atom is 0.374 e. The van der Waals surface area contributed by atoms with Gasteiger partial charge in [0.15, 0.2) is 0 Å². The Hall–Kier alpha value is -2.29. The van der Waals surface area contributed by atoms with Gasteiger partial charge in [-0.3, -0.25) is 14.9 Å².